The molecule has 0 saturated carbocycles. The number of anilines is 1. The molecule has 168 valence electrons. The highest BCUT2D eigenvalue weighted by Crippen LogP contribution is 2.32. The summed E-state index contributed by atoms with van der Waals surface area (Å²) < 4.78 is 39.4. The molecule has 0 bridgehead atoms. The first-order valence-electron chi connectivity index (χ1n) is 10.1. The Morgan fingerprint density at radius 2 is 1.97 bits per heavy atom. The largest absolute Gasteiger partial charge is 0.399 e. The van der Waals surface area contributed by atoms with Gasteiger partial charge >= 0.3 is 0 Å². The van der Waals surface area contributed by atoms with Crippen molar-refractivity contribution in [1.82, 2.24) is 9.62 Å². The molecule has 0 radical (unpaired) electrons. The third-order valence-corrected chi connectivity index (χ3v) is 7.36. The van der Waals surface area contributed by atoms with Gasteiger partial charge in [0, 0.05) is 34.3 Å². The number of nitrogens with two attached hydrogens (primary N) is 1. The van der Waals surface area contributed by atoms with Crippen molar-refractivity contribution in [2.45, 2.75) is 25.3 Å². The smallest absolute Gasteiger partial charge is 0.253 e. The summed E-state index contributed by atoms with van der Waals surface area (Å²) in [5, 5.41) is 3.91. The predicted octanol–water partition coefficient (Wildman–Crippen LogP) is 2.55. The highest BCUT2D eigenvalue weighted by molar-refractivity contribution is 7.92. The molecule has 1 spiro atoms. The number of amidine groups is 1. The topological polar surface area (TPSA) is 114 Å². The van der Waals surface area contributed by atoms with E-state index in [0.29, 0.717) is 17.1 Å². The van der Waals surface area contributed by atoms with Crippen molar-refractivity contribution in [3.63, 3.8) is 0 Å². The van der Waals surface area contributed by atoms with E-state index in [1.165, 1.54) is 21.8 Å². The molecule has 0 atom stereocenters. The number of aryl methyl sites for hydroxylation is 1. The SMILES string of the molecule is Cc1cc(N)ccc1/C=C/S(=O)(=O)N1CCC2(CC1)N=C(c1cccc(OF)c1)NC2=O. The lowest BCUT2D eigenvalue weighted by molar-refractivity contribution is -0.124. The number of benzene rings is 2. The molecule has 1 fully saturated rings. The lowest BCUT2D eigenvalue weighted by Crippen LogP contribution is -2.50. The Morgan fingerprint density at radius 3 is 2.66 bits per heavy atom. The molecule has 2 aromatic rings. The zero-order valence-corrected chi connectivity index (χ0v) is 18.2. The van der Waals surface area contributed by atoms with Crippen molar-refractivity contribution in [3.05, 3.63) is 64.6 Å². The Kier molecular flexibility index (Phi) is 5.74. The van der Waals surface area contributed by atoms with Crippen LogP contribution in [0.5, 0.6) is 5.75 Å². The van der Waals surface area contributed by atoms with E-state index in [1.54, 1.807) is 36.4 Å². The highest BCUT2D eigenvalue weighted by atomic mass is 32.2. The molecule has 0 aromatic heterocycles. The highest BCUT2D eigenvalue weighted by Gasteiger charge is 2.47. The first kappa shape index (κ1) is 22.0. The van der Waals surface area contributed by atoms with Crippen molar-refractivity contribution >= 4 is 33.5 Å². The molecule has 0 aliphatic carbocycles. The molecule has 1 saturated heterocycles. The van der Waals surface area contributed by atoms with Gasteiger partial charge in [0.25, 0.3) is 5.91 Å². The average molecular weight is 459 g/mol. The van der Waals surface area contributed by atoms with Crippen molar-refractivity contribution in [1.29, 1.82) is 0 Å². The normalized spacial score (nSPS) is 18.7. The summed E-state index contributed by atoms with van der Waals surface area (Å²) >= 11 is 0. The molecule has 2 aromatic carbocycles. The summed E-state index contributed by atoms with van der Waals surface area (Å²) in [4.78, 5) is 21.0. The molecular weight excluding hydrogens is 435 g/mol. The van der Waals surface area contributed by atoms with Crippen LogP contribution in [-0.2, 0) is 14.8 Å². The van der Waals surface area contributed by atoms with E-state index in [0.717, 1.165) is 11.1 Å². The van der Waals surface area contributed by atoms with Crippen LogP contribution in [0.1, 0.15) is 29.5 Å². The first-order valence-corrected chi connectivity index (χ1v) is 11.6. The van der Waals surface area contributed by atoms with E-state index in [-0.39, 0.29) is 37.6 Å². The Morgan fingerprint density at radius 1 is 1.22 bits per heavy atom. The number of amides is 1. The summed E-state index contributed by atoms with van der Waals surface area (Å²) in [5.41, 5.74) is 7.47. The van der Waals surface area contributed by atoms with Crippen LogP contribution in [0.3, 0.4) is 0 Å². The number of hydrogen-bond acceptors (Lipinski definition) is 6. The van der Waals surface area contributed by atoms with E-state index in [9.17, 15) is 17.7 Å². The van der Waals surface area contributed by atoms with Gasteiger partial charge in [-0.15, -0.1) is 0 Å². The second-order valence-electron chi connectivity index (χ2n) is 7.91. The van der Waals surface area contributed by atoms with Crippen LogP contribution in [0.4, 0.5) is 10.2 Å². The van der Waals surface area contributed by atoms with Gasteiger partial charge in [-0.25, -0.2) is 8.42 Å². The number of sulfonamides is 1. The van der Waals surface area contributed by atoms with Crippen molar-refractivity contribution in [2.24, 2.45) is 4.99 Å². The zero-order valence-electron chi connectivity index (χ0n) is 17.4. The third-order valence-electron chi connectivity index (χ3n) is 5.80. The van der Waals surface area contributed by atoms with E-state index < -0.39 is 15.6 Å². The van der Waals surface area contributed by atoms with Crippen LogP contribution in [0.15, 0.2) is 52.9 Å². The predicted molar refractivity (Wildman–Crippen MR) is 120 cm³/mol. The number of carbonyl (C=O) groups excluding carboxylic acids is 1. The van der Waals surface area contributed by atoms with Crippen molar-refractivity contribution < 1.29 is 22.7 Å². The molecule has 3 N–H and O–H groups in total. The summed E-state index contributed by atoms with van der Waals surface area (Å²) in [6.45, 7) is 2.17. The number of piperidine rings is 1. The van der Waals surface area contributed by atoms with Gasteiger partial charge in [0.15, 0.2) is 5.75 Å². The minimum atomic E-state index is -3.66. The summed E-state index contributed by atoms with van der Waals surface area (Å²) in [6, 6.07) is 11.4. The standard InChI is InChI=1S/C22H23FN4O4S/c1-15-13-18(24)6-5-16(15)7-12-32(29,30)27-10-8-22(9-11-27)21(28)25-20(26-22)17-3-2-4-19(14-17)31-23/h2-7,12-14H,8-11,24H2,1H3,(H,25,26,28)/b12-7+. The molecule has 8 nitrogen and oxygen atoms in total. The molecule has 1 amide bonds. The van der Waals surface area contributed by atoms with Gasteiger partial charge in [-0.05, 0) is 61.2 Å². The lowest BCUT2D eigenvalue weighted by Gasteiger charge is -2.34. The van der Waals surface area contributed by atoms with Gasteiger partial charge in [0.2, 0.25) is 10.0 Å². The monoisotopic (exact) mass is 458 g/mol. The number of nitrogen functional groups attached to an aromatic ring is 1. The maximum Gasteiger partial charge on any atom is 0.253 e. The fraction of sp³-hybridized carbons (Fsp3) is 0.273. The maximum absolute atomic E-state index is 12.8. The second-order valence-corrected chi connectivity index (χ2v) is 9.73. The minimum Gasteiger partial charge on any atom is -0.399 e. The second kappa shape index (κ2) is 8.36. The third kappa shape index (κ3) is 4.23. The van der Waals surface area contributed by atoms with Gasteiger partial charge in [0.1, 0.15) is 11.4 Å². The van der Waals surface area contributed by atoms with Gasteiger partial charge in [-0.3, -0.25) is 14.7 Å². The number of hydrogen-bond donors (Lipinski definition) is 2. The van der Waals surface area contributed by atoms with Crippen molar-refractivity contribution in [2.75, 3.05) is 18.8 Å². The summed E-state index contributed by atoms with van der Waals surface area (Å²) in [7, 11) is -3.66. The maximum atomic E-state index is 12.8. The van der Waals surface area contributed by atoms with Crippen molar-refractivity contribution in [3.8, 4) is 5.75 Å². The van der Waals surface area contributed by atoms with Crippen LogP contribution >= 0.6 is 0 Å². The molecule has 2 heterocycles. The van der Waals surface area contributed by atoms with Gasteiger partial charge < -0.3 is 11.1 Å². The first-order chi connectivity index (χ1) is 15.2. The Labute approximate surface area is 185 Å². The molecule has 2 aliphatic heterocycles. The number of halogens is 1. The molecule has 0 unspecified atom stereocenters. The zero-order chi connectivity index (χ0) is 22.9. The van der Waals surface area contributed by atoms with Crippen LogP contribution in [0.2, 0.25) is 0 Å². The number of rotatable bonds is 5. The van der Waals surface area contributed by atoms with Gasteiger partial charge in [0.05, 0.1) is 0 Å². The van der Waals surface area contributed by atoms with E-state index >= 15 is 0 Å². The number of nitrogens with zero attached hydrogens (tertiary/aromatic N) is 2. The Balaban J connectivity index is 1.48. The van der Waals surface area contributed by atoms with E-state index in [1.807, 2.05) is 6.92 Å². The van der Waals surface area contributed by atoms with Gasteiger partial charge in [-0.1, -0.05) is 18.2 Å². The van der Waals surface area contributed by atoms with Crippen LogP contribution < -0.4 is 16.0 Å². The van der Waals surface area contributed by atoms with Crippen LogP contribution in [0, 0.1) is 6.92 Å². The summed E-state index contributed by atoms with van der Waals surface area (Å²) in [5.74, 6) is 0.0394. The Hall–Kier alpha value is -3.24. The number of nitrogens with one attached hydrogen (secondary N) is 1. The molecule has 10 heteroatoms. The summed E-state index contributed by atoms with van der Waals surface area (Å²) in [6.07, 6.45) is 2.04. The minimum absolute atomic E-state index is 0.00411. The molecular formula is C22H23FN4O4S. The van der Waals surface area contributed by atoms with Crippen LogP contribution in [0.25, 0.3) is 6.08 Å². The van der Waals surface area contributed by atoms with Crippen LogP contribution in [-0.4, -0.2) is 43.1 Å². The molecule has 2 aliphatic rings. The fourth-order valence-corrected chi connectivity index (χ4v) is 5.11. The van der Waals surface area contributed by atoms with E-state index in [4.69, 9.17) is 5.73 Å². The quantitative estimate of drug-likeness (QED) is 0.669. The number of carbonyl (C=O) groups is 1. The fourth-order valence-electron chi connectivity index (χ4n) is 3.93. The Bertz CT molecular complexity index is 1220. The average Bonchev–Trinajstić information content (AvgIpc) is 3.09. The molecule has 32 heavy (non-hydrogen) atoms. The van der Waals surface area contributed by atoms with E-state index in [2.05, 4.69) is 15.3 Å². The van der Waals surface area contributed by atoms with Gasteiger partial charge in [-0.2, -0.15) is 4.31 Å². The molecule has 4 rings (SSSR count). The lowest BCUT2D eigenvalue weighted by atomic mass is 9.89. The number of aliphatic imine (C=N–C) groups is 1.